The van der Waals surface area contributed by atoms with Crippen LogP contribution in [0.5, 0.6) is 5.75 Å². The molecular weight excluding hydrogens is 416 g/mol. The van der Waals surface area contributed by atoms with Gasteiger partial charge in [-0.1, -0.05) is 43.9 Å². The van der Waals surface area contributed by atoms with Gasteiger partial charge in [0.25, 0.3) is 5.91 Å². The summed E-state index contributed by atoms with van der Waals surface area (Å²) in [5.41, 5.74) is 8.64. The van der Waals surface area contributed by atoms with Gasteiger partial charge >= 0.3 is 0 Å². The second-order valence-electron chi connectivity index (χ2n) is 8.24. The third-order valence-electron chi connectivity index (χ3n) is 5.68. The summed E-state index contributed by atoms with van der Waals surface area (Å²) in [7, 11) is 0. The van der Waals surface area contributed by atoms with Crippen LogP contribution in [0.4, 0.5) is 11.5 Å². The molecule has 4 rings (SSSR count). The molecule has 1 aliphatic heterocycles. The molecule has 0 bridgehead atoms. The fraction of sp³-hybridized carbons (Fsp3) is 0.308. The molecule has 33 heavy (non-hydrogen) atoms. The van der Waals surface area contributed by atoms with Crippen molar-refractivity contribution in [3.63, 3.8) is 0 Å². The maximum atomic E-state index is 12.8. The molecule has 7 heteroatoms. The number of benzene rings is 2. The lowest BCUT2D eigenvalue weighted by Crippen LogP contribution is -2.21. The second-order valence-corrected chi connectivity index (χ2v) is 8.24. The van der Waals surface area contributed by atoms with Crippen molar-refractivity contribution in [3.8, 4) is 17.1 Å². The smallest absolute Gasteiger partial charge is 0.267 e. The summed E-state index contributed by atoms with van der Waals surface area (Å²) in [6, 6.07) is 15.0. The van der Waals surface area contributed by atoms with Crippen molar-refractivity contribution in [2.24, 2.45) is 5.73 Å². The highest BCUT2D eigenvalue weighted by atomic mass is 16.5. The van der Waals surface area contributed by atoms with Crippen molar-refractivity contribution in [3.05, 3.63) is 65.4 Å². The molecule has 0 saturated carbocycles. The number of fused-ring (bicyclic) bond motifs is 1. The van der Waals surface area contributed by atoms with E-state index >= 15 is 0 Å². The first-order valence-electron chi connectivity index (χ1n) is 11.3. The Morgan fingerprint density at radius 3 is 2.42 bits per heavy atom. The minimum absolute atomic E-state index is 0.0343. The van der Waals surface area contributed by atoms with Gasteiger partial charge in [0.05, 0.1) is 18.7 Å². The number of aromatic nitrogens is 2. The molecule has 0 aliphatic carbocycles. The van der Waals surface area contributed by atoms with Crippen LogP contribution in [0.3, 0.4) is 0 Å². The highest BCUT2D eigenvalue weighted by molar-refractivity contribution is 6.09. The number of rotatable bonds is 9. The van der Waals surface area contributed by atoms with E-state index in [-0.39, 0.29) is 18.0 Å². The lowest BCUT2D eigenvalue weighted by molar-refractivity contribution is -0.116. The first-order chi connectivity index (χ1) is 16.0. The Hall–Kier alpha value is -3.74. The zero-order valence-electron chi connectivity index (χ0n) is 19.0. The van der Waals surface area contributed by atoms with E-state index in [4.69, 9.17) is 10.5 Å². The molecular formula is C26H28N4O3. The topological polar surface area (TPSA) is 98.4 Å². The quantitative estimate of drug-likeness (QED) is 0.481. The summed E-state index contributed by atoms with van der Waals surface area (Å²) >= 11 is 0. The molecule has 0 radical (unpaired) electrons. The van der Waals surface area contributed by atoms with Gasteiger partial charge in [0.1, 0.15) is 17.3 Å². The molecule has 0 atom stereocenters. The normalized spacial score (nSPS) is 12.7. The number of unbranched alkanes of at least 4 members (excludes halogenated alkanes) is 3. The van der Waals surface area contributed by atoms with E-state index in [1.807, 2.05) is 55.5 Å². The second kappa shape index (κ2) is 9.81. The summed E-state index contributed by atoms with van der Waals surface area (Å²) in [5, 5.41) is 0. The van der Waals surface area contributed by atoms with E-state index in [2.05, 4.69) is 16.9 Å². The summed E-state index contributed by atoms with van der Waals surface area (Å²) in [6.07, 6.45) is 4.61. The molecule has 2 aromatic carbocycles. The predicted octanol–water partition coefficient (Wildman–Crippen LogP) is 4.73. The zero-order valence-corrected chi connectivity index (χ0v) is 19.0. The molecule has 7 nitrogen and oxygen atoms in total. The molecule has 3 aromatic rings. The van der Waals surface area contributed by atoms with Crippen LogP contribution in [-0.4, -0.2) is 28.4 Å². The van der Waals surface area contributed by atoms with Crippen molar-refractivity contribution >= 4 is 23.3 Å². The van der Waals surface area contributed by atoms with Crippen molar-refractivity contribution in [2.45, 2.75) is 46.0 Å². The SMILES string of the molecule is CCCCCCOc1ccc(-c2nc(C(N)=O)c3c(n2)N(c2ccc(C)cc2)C(=O)C3)cc1. The Labute approximate surface area is 193 Å². The van der Waals surface area contributed by atoms with Crippen LogP contribution in [0.1, 0.15) is 54.2 Å². The molecule has 1 aliphatic rings. The minimum atomic E-state index is -0.680. The molecule has 2 N–H and O–H groups in total. The number of hydrogen-bond donors (Lipinski definition) is 1. The first-order valence-corrected chi connectivity index (χ1v) is 11.3. The van der Waals surface area contributed by atoms with Gasteiger partial charge in [-0.05, 0) is 49.7 Å². The average Bonchev–Trinajstić information content (AvgIpc) is 3.15. The highest BCUT2D eigenvalue weighted by Gasteiger charge is 2.35. The van der Waals surface area contributed by atoms with Crippen molar-refractivity contribution < 1.29 is 14.3 Å². The Kier molecular flexibility index (Phi) is 6.68. The molecule has 1 aromatic heterocycles. The molecule has 0 saturated heterocycles. The number of carbonyl (C=O) groups is 2. The number of ether oxygens (including phenoxy) is 1. The number of carbonyl (C=O) groups excluding carboxylic acids is 2. The van der Waals surface area contributed by atoms with Gasteiger partial charge in [-0.3, -0.25) is 14.5 Å². The lowest BCUT2D eigenvalue weighted by atomic mass is 10.1. The number of aryl methyl sites for hydroxylation is 1. The summed E-state index contributed by atoms with van der Waals surface area (Å²) in [6.45, 7) is 4.84. The fourth-order valence-electron chi connectivity index (χ4n) is 3.88. The van der Waals surface area contributed by atoms with Gasteiger partial charge in [0.2, 0.25) is 5.91 Å². The Morgan fingerprint density at radius 1 is 1.03 bits per heavy atom. The Bertz CT molecular complexity index is 1160. The van der Waals surface area contributed by atoms with Crippen molar-refractivity contribution in [2.75, 3.05) is 11.5 Å². The molecule has 0 fully saturated rings. The van der Waals surface area contributed by atoms with Crippen LogP contribution in [0.25, 0.3) is 11.4 Å². The van der Waals surface area contributed by atoms with Gasteiger partial charge in [-0.15, -0.1) is 0 Å². The monoisotopic (exact) mass is 444 g/mol. The van der Waals surface area contributed by atoms with Gasteiger partial charge in [-0.2, -0.15) is 0 Å². The van der Waals surface area contributed by atoms with E-state index in [0.717, 1.165) is 24.2 Å². The van der Waals surface area contributed by atoms with Crippen molar-refractivity contribution in [1.82, 2.24) is 9.97 Å². The Balaban J connectivity index is 1.64. The van der Waals surface area contributed by atoms with E-state index in [1.54, 1.807) is 0 Å². The average molecular weight is 445 g/mol. The maximum Gasteiger partial charge on any atom is 0.267 e. The number of hydrogen-bond acceptors (Lipinski definition) is 5. The molecule has 2 amide bonds. The third kappa shape index (κ3) is 4.87. The molecule has 170 valence electrons. The first kappa shape index (κ1) is 22.5. The van der Waals surface area contributed by atoms with Crippen LogP contribution >= 0.6 is 0 Å². The van der Waals surface area contributed by atoms with Gasteiger partial charge in [-0.25, -0.2) is 9.97 Å². The van der Waals surface area contributed by atoms with Crippen LogP contribution in [-0.2, 0) is 11.2 Å². The highest BCUT2D eigenvalue weighted by Crippen LogP contribution is 2.37. The number of nitrogens with zero attached hydrogens (tertiary/aromatic N) is 3. The van der Waals surface area contributed by atoms with Crippen LogP contribution in [0.2, 0.25) is 0 Å². The Morgan fingerprint density at radius 2 is 1.76 bits per heavy atom. The lowest BCUT2D eigenvalue weighted by Gasteiger charge is -2.18. The number of primary amides is 1. The number of nitrogens with two attached hydrogens (primary N) is 1. The van der Waals surface area contributed by atoms with E-state index in [1.165, 1.54) is 17.7 Å². The van der Waals surface area contributed by atoms with Crippen LogP contribution < -0.4 is 15.4 Å². The van der Waals surface area contributed by atoms with E-state index in [0.29, 0.717) is 35.1 Å². The molecule has 0 unspecified atom stereocenters. The van der Waals surface area contributed by atoms with Crippen LogP contribution in [0, 0.1) is 6.92 Å². The zero-order chi connectivity index (χ0) is 23.4. The summed E-state index contributed by atoms with van der Waals surface area (Å²) in [5.74, 6) is 0.654. The van der Waals surface area contributed by atoms with Gasteiger partial charge in [0.15, 0.2) is 5.82 Å². The van der Waals surface area contributed by atoms with Gasteiger partial charge in [0, 0.05) is 11.1 Å². The third-order valence-corrected chi connectivity index (χ3v) is 5.68. The molecule has 2 heterocycles. The van der Waals surface area contributed by atoms with Crippen molar-refractivity contribution in [1.29, 1.82) is 0 Å². The fourth-order valence-corrected chi connectivity index (χ4v) is 3.88. The standard InChI is InChI=1S/C26H28N4O3/c1-3-4-5-6-15-33-20-13-9-18(10-14-20)25-28-23(24(27)32)21-16-22(31)30(26(21)29-25)19-11-7-17(2)8-12-19/h7-14H,3-6,15-16H2,1-2H3,(H2,27,32). The largest absolute Gasteiger partial charge is 0.494 e. The number of amides is 2. The van der Waals surface area contributed by atoms with E-state index < -0.39 is 5.91 Å². The molecule has 0 spiro atoms. The van der Waals surface area contributed by atoms with Crippen LogP contribution in [0.15, 0.2) is 48.5 Å². The minimum Gasteiger partial charge on any atom is -0.494 e. The van der Waals surface area contributed by atoms with E-state index in [9.17, 15) is 9.59 Å². The van der Waals surface area contributed by atoms with Gasteiger partial charge < -0.3 is 10.5 Å². The predicted molar refractivity (Wildman–Crippen MR) is 128 cm³/mol. The summed E-state index contributed by atoms with van der Waals surface area (Å²) < 4.78 is 5.81. The maximum absolute atomic E-state index is 12.8. The number of anilines is 2. The summed E-state index contributed by atoms with van der Waals surface area (Å²) in [4.78, 5) is 35.6.